The third kappa shape index (κ3) is 4.13. The molecule has 2 amide bonds. The predicted octanol–water partition coefficient (Wildman–Crippen LogP) is 2.70. The van der Waals surface area contributed by atoms with Gasteiger partial charge in [-0.25, -0.2) is 4.79 Å². The fourth-order valence-electron chi connectivity index (χ4n) is 2.97. The van der Waals surface area contributed by atoms with E-state index in [1.807, 2.05) is 36.1 Å². The summed E-state index contributed by atoms with van der Waals surface area (Å²) >= 11 is 0. The van der Waals surface area contributed by atoms with Crippen LogP contribution in [0.4, 0.5) is 4.79 Å². The van der Waals surface area contributed by atoms with Gasteiger partial charge in [-0.05, 0) is 50.3 Å². The van der Waals surface area contributed by atoms with E-state index in [1.165, 1.54) is 0 Å². The number of nitrogens with zero attached hydrogens (tertiary/aromatic N) is 1. The van der Waals surface area contributed by atoms with Crippen LogP contribution in [0, 0.1) is 0 Å². The summed E-state index contributed by atoms with van der Waals surface area (Å²) in [5.74, 6) is 0.820. The fourth-order valence-corrected chi connectivity index (χ4v) is 2.97. The zero-order valence-corrected chi connectivity index (χ0v) is 13.4. The van der Waals surface area contributed by atoms with Crippen molar-refractivity contribution in [3.8, 4) is 5.75 Å². The van der Waals surface area contributed by atoms with E-state index < -0.39 is 0 Å². The topological polar surface area (TPSA) is 61.8 Å². The number of nitrogens with one attached hydrogen (secondary N) is 1. The smallest absolute Gasteiger partial charge is 0.318 e. The Balaban J connectivity index is 2.01. The van der Waals surface area contributed by atoms with Gasteiger partial charge >= 0.3 is 6.03 Å². The van der Waals surface area contributed by atoms with Crippen molar-refractivity contribution in [3.63, 3.8) is 0 Å². The van der Waals surface area contributed by atoms with Crippen molar-refractivity contribution in [2.24, 2.45) is 0 Å². The summed E-state index contributed by atoms with van der Waals surface area (Å²) in [4.78, 5) is 14.4. The number of rotatable bonds is 6. The molecule has 0 radical (unpaired) electrons. The second-order valence-corrected chi connectivity index (χ2v) is 5.84. The molecule has 122 valence electrons. The Hall–Kier alpha value is -1.75. The normalized spacial score (nSPS) is 19.0. The molecule has 1 aliphatic rings. The molecule has 0 aliphatic carbocycles. The third-order valence-electron chi connectivity index (χ3n) is 4.16. The highest BCUT2D eigenvalue weighted by Crippen LogP contribution is 2.33. The summed E-state index contributed by atoms with van der Waals surface area (Å²) in [5.41, 5.74) is 1.12. The predicted molar refractivity (Wildman–Crippen MR) is 86.0 cm³/mol. The van der Waals surface area contributed by atoms with Crippen LogP contribution in [0.2, 0.25) is 0 Å². The van der Waals surface area contributed by atoms with E-state index in [0.717, 1.165) is 37.1 Å². The summed E-state index contributed by atoms with van der Waals surface area (Å²) in [5, 5.41) is 11.9. The van der Waals surface area contributed by atoms with Gasteiger partial charge in [0, 0.05) is 19.2 Å². The number of hydrogen-bond donors (Lipinski definition) is 2. The molecule has 0 bridgehead atoms. The number of aliphatic hydroxyl groups is 1. The molecule has 2 rings (SSSR count). The molecule has 2 N–H and O–H groups in total. The Labute approximate surface area is 132 Å². The number of urea groups is 1. The average Bonchev–Trinajstić information content (AvgIpc) is 3.02. The van der Waals surface area contributed by atoms with E-state index in [2.05, 4.69) is 5.32 Å². The Bertz CT molecular complexity index is 493. The van der Waals surface area contributed by atoms with Crippen molar-refractivity contribution < 1.29 is 14.6 Å². The highest BCUT2D eigenvalue weighted by molar-refractivity contribution is 5.75. The first-order chi connectivity index (χ1) is 10.7. The SMILES string of the molecule is COc1cccc(C2CCCN2C(=O)NC(C)CCCO)c1. The van der Waals surface area contributed by atoms with E-state index in [-0.39, 0.29) is 24.7 Å². The summed E-state index contributed by atoms with van der Waals surface area (Å²) in [7, 11) is 1.65. The molecule has 0 spiro atoms. The maximum Gasteiger partial charge on any atom is 0.318 e. The molecule has 1 heterocycles. The van der Waals surface area contributed by atoms with Crippen LogP contribution in [0.5, 0.6) is 5.75 Å². The van der Waals surface area contributed by atoms with Crippen LogP contribution in [0.1, 0.15) is 44.2 Å². The van der Waals surface area contributed by atoms with Crippen molar-refractivity contribution in [2.45, 2.75) is 44.7 Å². The summed E-state index contributed by atoms with van der Waals surface area (Å²) in [6.45, 7) is 2.92. The summed E-state index contributed by atoms with van der Waals surface area (Å²) < 4.78 is 5.28. The Morgan fingerprint density at radius 3 is 3.09 bits per heavy atom. The number of benzene rings is 1. The van der Waals surface area contributed by atoms with Gasteiger partial charge in [-0.1, -0.05) is 12.1 Å². The second kappa shape index (κ2) is 8.03. The van der Waals surface area contributed by atoms with Crippen molar-refractivity contribution in [2.75, 3.05) is 20.3 Å². The highest BCUT2D eigenvalue weighted by Gasteiger charge is 2.30. The number of carbonyl (C=O) groups excluding carboxylic acids is 1. The molecule has 22 heavy (non-hydrogen) atoms. The van der Waals surface area contributed by atoms with Crippen LogP contribution in [-0.2, 0) is 0 Å². The maximum atomic E-state index is 12.5. The molecule has 1 saturated heterocycles. The molecular weight excluding hydrogens is 280 g/mol. The summed E-state index contributed by atoms with van der Waals surface area (Å²) in [6, 6.07) is 8.10. The standard InChI is InChI=1S/C17H26N2O3/c1-13(6-5-11-20)18-17(21)19-10-4-9-16(19)14-7-3-8-15(12-14)22-2/h3,7-8,12-13,16,20H,4-6,9-11H2,1-2H3,(H,18,21). The zero-order valence-electron chi connectivity index (χ0n) is 13.4. The molecule has 1 fully saturated rings. The van der Waals surface area contributed by atoms with Crippen LogP contribution < -0.4 is 10.1 Å². The molecule has 5 heteroatoms. The number of likely N-dealkylation sites (tertiary alicyclic amines) is 1. The molecule has 2 atom stereocenters. The Morgan fingerprint density at radius 1 is 1.55 bits per heavy atom. The lowest BCUT2D eigenvalue weighted by molar-refractivity contribution is 0.187. The number of methoxy groups -OCH3 is 1. The maximum absolute atomic E-state index is 12.5. The van der Waals surface area contributed by atoms with Gasteiger partial charge in [0.1, 0.15) is 5.75 Å². The average molecular weight is 306 g/mol. The molecule has 5 nitrogen and oxygen atoms in total. The number of aliphatic hydroxyl groups excluding tert-OH is 1. The largest absolute Gasteiger partial charge is 0.497 e. The fraction of sp³-hybridized carbons (Fsp3) is 0.588. The monoisotopic (exact) mass is 306 g/mol. The van der Waals surface area contributed by atoms with E-state index in [9.17, 15) is 4.79 Å². The van der Waals surface area contributed by atoms with E-state index in [0.29, 0.717) is 6.42 Å². The minimum atomic E-state index is -0.0178. The van der Waals surface area contributed by atoms with Gasteiger partial charge in [-0.2, -0.15) is 0 Å². The van der Waals surface area contributed by atoms with Crippen molar-refractivity contribution >= 4 is 6.03 Å². The van der Waals surface area contributed by atoms with Crippen LogP contribution in [0.25, 0.3) is 0 Å². The number of ether oxygens (including phenoxy) is 1. The second-order valence-electron chi connectivity index (χ2n) is 5.84. The minimum Gasteiger partial charge on any atom is -0.497 e. The molecule has 1 aliphatic heterocycles. The number of hydrogen-bond acceptors (Lipinski definition) is 3. The minimum absolute atomic E-state index is 0.0178. The van der Waals surface area contributed by atoms with E-state index >= 15 is 0 Å². The van der Waals surface area contributed by atoms with Crippen molar-refractivity contribution in [1.82, 2.24) is 10.2 Å². The van der Waals surface area contributed by atoms with Gasteiger partial charge in [0.25, 0.3) is 0 Å². The van der Waals surface area contributed by atoms with Crippen molar-refractivity contribution in [3.05, 3.63) is 29.8 Å². The Kier molecular flexibility index (Phi) is 6.07. The zero-order chi connectivity index (χ0) is 15.9. The summed E-state index contributed by atoms with van der Waals surface area (Å²) in [6.07, 6.45) is 3.49. The van der Waals surface area contributed by atoms with Gasteiger partial charge in [0.2, 0.25) is 0 Å². The molecular formula is C17H26N2O3. The van der Waals surface area contributed by atoms with Gasteiger partial charge < -0.3 is 20.1 Å². The third-order valence-corrected chi connectivity index (χ3v) is 4.16. The van der Waals surface area contributed by atoms with E-state index in [4.69, 9.17) is 9.84 Å². The van der Waals surface area contributed by atoms with Gasteiger partial charge in [-0.3, -0.25) is 0 Å². The van der Waals surface area contributed by atoms with Gasteiger partial charge in [0.15, 0.2) is 0 Å². The van der Waals surface area contributed by atoms with Crippen LogP contribution >= 0.6 is 0 Å². The van der Waals surface area contributed by atoms with Crippen molar-refractivity contribution in [1.29, 1.82) is 0 Å². The molecule has 2 unspecified atom stereocenters. The first-order valence-corrected chi connectivity index (χ1v) is 7.97. The van der Waals surface area contributed by atoms with Crippen LogP contribution in [0.15, 0.2) is 24.3 Å². The molecule has 0 aromatic heterocycles. The lowest BCUT2D eigenvalue weighted by Crippen LogP contribution is -2.43. The lowest BCUT2D eigenvalue weighted by Gasteiger charge is -2.27. The molecule has 1 aromatic rings. The highest BCUT2D eigenvalue weighted by atomic mass is 16.5. The lowest BCUT2D eigenvalue weighted by atomic mass is 10.0. The van der Waals surface area contributed by atoms with Crippen LogP contribution in [-0.4, -0.2) is 42.3 Å². The number of carbonyl (C=O) groups is 1. The van der Waals surface area contributed by atoms with Gasteiger partial charge in [0.05, 0.1) is 13.2 Å². The first-order valence-electron chi connectivity index (χ1n) is 7.97. The molecule has 1 aromatic carbocycles. The Morgan fingerprint density at radius 2 is 2.36 bits per heavy atom. The quantitative estimate of drug-likeness (QED) is 0.849. The number of amides is 2. The van der Waals surface area contributed by atoms with E-state index in [1.54, 1.807) is 7.11 Å². The van der Waals surface area contributed by atoms with Gasteiger partial charge in [-0.15, -0.1) is 0 Å². The first kappa shape index (κ1) is 16.6. The molecule has 0 saturated carbocycles. The van der Waals surface area contributed by atoms with Crippen LogP contribution in [0.3, 0.4) is 0 Å².